The molecule has 1 atom stereocenters. The van der Waals surface area contributed by atoms with E-state index in [1.165, 1.54) is 38.6 Å². The molecule has 1 heterocycles. The highest BCUT2D eigenvalue weighted by Gasteiger charge is 2.21. The predicted molar refractivity (Wildman–Crippen MR) is 70.3 cm³/mol. The smallest absolute Gasteiger partial charge is 0.241 e. The number of methoxy groups -OCH3 is 2. The van der Waals surface area contributed by atoms with Crippen molar-refractivity contribution in [3.8, 4) is 11.8 Å². The quantitative estimate of drug-likeness (QED) is 0.927. The first-order valence-electron chi connectivity index (χ1n) is 5.96. The first-order chi connectivity index (χ1) is 9.56. The third-order valence-corrected chi connectivity index (χ3v) is 2.93. The second kappa shape index (κ2) is 5.83. The Kier molecular flexibility index (Phi) is 4.14. The van der Waals surface area contributed by atoms with E-state index in [0.717, 1.165) is 0 Å². The number of benzene rings is 1. The maximum Gasteiger partial charge on any atom is 0.241 e. The number of ether oxygens (including phenoxy) is 2. The molecule has 2 rings (SSSR count). The molecule has 1 aromatic carbocycles. The number of nitrogens with zero attached hydrogens (tertiary/aromatic N) is 2. The van der Waals surface area contributed by atoms with E-state index in [0.29, 0.717) is 11.1 Å². The lowest BCUT2D eigenvalue weighted by atomic mass is 10.0. The highest BCUT2D eigenvalue weighted by molar-refractivity contribution is 5.37. The third-order valence-electron chi connectivity index (χ3n) is 2.93. The Morgan fingerprint density at radius 2 is 2.00 bits per heavy atom. The minimum Gasteiger partial charge on any atom is -0.480 e. The number of hydrogen-bond acceptors (Lipinski definition) is 5. The van der Waals surface area contributed by atoms with Crippen LogP contribution in [0.3, 0.4) is 0 Å². The van der Waals surface area contributed by atoms with Gasteiger partial charge >= 0.3 is 0 Å². The van der Waals surface area contributed by atoms with E-state index >= 15 is 0 Å². The van der Waals surface area contributed by atoms with Gasteiger partial charge < -0.3 is 14.6 Å². The van der Waals surface area contributed by atoms with Crippen molar-refractivity contribution in [2.75, 3.05) is 14.2 Å². The minimum atomic E-state index is -1.05. The molecule has 0 radical (unpaired) electrons. The van der Waals surface area contributed by atoms with Gasteiger partial charge in [-0.1, -0.05) is 6.07 Å². The van der Waals surface area contributed by atoms with Crippen LogP contribution in [-0.2, 0) is 0 Å². The van der Waals surface area contributed by atoms with E-state index in [9.17, 15) is 9.50 Å². The van der Waals surface area contributed by atoms with Crippen LogP contribution in [0, 0.1) is 12.7 Å². The van der Waals surface area contributed by atoms with Crippen molar-refractivity contribution in [1.29, 1.82) is 0 Å². The summed E-state index contributed by atoms with van der Waals surface area (Å²) in [5, 5.41) is 10.4. The molecule has 0 spiro atoms. The SMILES string of the molecule is COc1cnc(C(O)c2ccc(F)cc2C)c(OC)n1. The Morgan fingerprint density at radius 1 is 1.25 bits per heavy atom. The lowest BCUT2D eigenvalue weighted by molar-refractivity contribution is 0.206. The Balaban J connectivity index is 2.44. The van der Waals surface area contributed by atoms with Crippen molar-refractivity contribution in [1.82, 2.24) is 9.97 Å². The van der Waals surface area contributed by atoms with E-state index in [1.807, 2.05) is 0 Å². The monoisotopic (exact) mass is 278 g/mol. The van der Waals surface area contributed by atoms with Crippen LogP contribution >= 0.6 is 0 Å². The summed E-state index contributed by atoms with van der Waals surface area (Å²) >= 11 is 0. The topological polar surface area (TPSA) is 64.5 Å². The van der Waals surface area contributed by atoms with Crippen LogP contribution in [0.1, 0.15) is 22.9 Å². The summed E-state index contributed by atoms with van der Waals surface area (Å²) in [5.74, 6) is 0.0976. The molecule has 0 bridgehead atoms. The fourth-order valence-corrected chi connectivity index (χ4v) is 1.90. The number of aryl methyl sites for hydroxylation is 1. The zero-order valence-corrected chi connectivity index (χ0v) is 11.4. The van der Waals surface area contributed by atoms with E-state index in [1.54, 1.807) is 6.92 Å². The number of hydrogen-bond donors (Lipinski definition) is 1. The van der Waals surface area contributed by atoms with Gasteiger partial charge in [0.1, 0.15) is 17.6 Å². The van der Waals surface area contributed by atoms with E-state index < -0.39 is 6.10 Å². The van der Waals surface area contributed by atoms with Crippen molar-refractivity contribution in [3.63, 3.8) is 0 Å². The molecule has 0 fully saturated rings. The second-order valence-corrected chi connectivity index (χ2v) is 4.21. The zero-order chi connectivity index (χ0) is 14.7. The molecule has 0 aliphatic rings. The molecule has 0 saturated heterocycles. The Labute approximate surface area is 116 Å². The third kappa shape index (κ3) is 2.70. The summed E-state index contributed by atoms with van der Waals surface area (Å²) in [4.78, 5) is 8.17. The molecule has 0 aliphatic carbocycles. The van der Waals surface area contributed by atoms with Crippen LogP contribution in [-0.4, -0.2) is 29.3 Å². The van der Waals surface area contributed by atoms with Gasteiger partial charge in [-0.05, 0) is 30.2 Å². The number of aliphatic hydroxyl groups excluding tert-OH is 1. The molecular formula is C14H15FN2O3. The fraction of sp³-hybridized carbons (Fsp3) is 0.286. The lowest BCUT2D eigenvalue weighted by Crippen LogP contribution is -2.08. The van der Waals surface area contributed by atoms with Crippen LogP contribution in [0.2, 0.25) is 0 Å². The molecule has 6 heteroatoms. The van der Waals surface area contributed by atoms with Crippen LogP contribution in [0.15, 0.2) is 24.4 Å². The maximum atomic E-state index is 13.1. The number of halogens is 1. The second-order valence-electron chi connectivity index (χ2n) is 4.21. The summed E-state index contributed by atoms with van der Waals surface area (Å²) in [6.07, 6.45) is 0.337. The van der Waals surface area contributed by atoms with E-state index in [2.05, 4.69) is 9.97 Å². The van der Waals surface area contributed by atoms with Gasteiger partial charge in [0, 0.05) is 0 Å². The van der Waals surface area contributed by atoms with Crippen molar-refractivity contribution >= 4 is 0 Å². The molecule has 0 saturated carbocycles. The first kappa shape index (κ1) is 14.2. The standard InChI is InChI=1S/C14H15FN2O3/c1-8-6-9(15)4-5-10(8)13(18)12-14(20-3)17-11(19-2)7-16-12/h4-7,13,18H,1-3H3. The summed E-state index contributed by atoms with van der Waals surface area (Å²) in [6.45, 7) is 1.71. The molecule has 20 heavy (non-hydrogen) atoms. The number of aliphatic hydroxyl groups is 1. The minimum absolute atomic E-state index is 0.167. The average Bonchev–Trinajstić information content (AvgIpc) is 2.46. The number of aromatic nitrogens is 2. The van der Waals surface area contributed by atoms with E-state index in [4.69, 9.17) is 9.47 Å². The van der Waals surface area contributed by atoms with Crippen LogP contribution < -0.4 is 9.47 Å². The van der Waals surface area contributed by atoms with Crippen LogP contribution in [0.25, 0.3) is 0 Å². The molecule has 106 valence electrons. The molecule has 1 aromatic heterocycles. The van der Waals surface area contributed by atoms with Gasteiger partial charge in [0.15, 0.2) is 0 Å². The Hall–Kier alpha value is -2.21. The molecule has 1 N–H and O–H groups in total. The Bertz CT molecular complexity index is 619. The fourth-order valence-electron chi connectivity index (χ4n) is 1.90. The Morgan fingerprint density at radius 3 is 2.60 bits per heavy atom. The molecule has 0 aliphatic heterocycles. The highest BCUT2D eigenvalue weighted by atomic mass is 19.1. The summed E-state index contributed by atoms with van der Waals surface area (Å²) in [5.41, 5.74) is 1.42. The van der Waals surface area contributed by atoms with Gasteiger partial charge in [-0.2, -0.15) is 4.98 Å². The summed E-state index contributed by atoms with van der Waals surface area (Å²) < 4.78 is 23.2. The van der Waals surface area contributed by atoms with Gasteiger partial charge in [0.2, 0.25) is 11.8 Å². The average molecular weight is 278 g/mol. The van der Waals surface area contributed by atoms with Gasteiger partial charge in [0.25, 0.3) is 0 Å². The first-order valence-corrected chi connectivity index (χ1v) is 5.96. The normalized spacial score (nSPS) is 12.1. The van der Waals surface area contributed by atoms with Crippen molar-refractivity contribution in [2.24, 2.45) is 0 Å². The molecule has 2 aromatic rings. The number of rotatable bonds is 4. The maximum absolute atomic E-state index is 13.1. The van der Waals surface area contributed by atoms with E-state index in [-0.39, 0.29) is 23.3 Å². The predicted octanol–water partition coefficient (Wildman–Crippen LogP) is 2.02. The van der Waals surface area contributed by atoms with Gasteiger partial charge in [-0.25, -0.2) is 9.37 Å². The lowest BCUT2D eigenvalue weighted by Gasteiger charge is -2.15. The van der Waals surface area contributed by atoms with Crippen molar-refractivity contribution in [2.45, 2.75) is 13.0 Å². The van der Waals surface area contributed by atoms with Gasteiger partial charge in [-0.3, -0.25) is 0 Å². The van der Waals surface area contributed by atoms with Gasteiger partial charge in [-0.15, -0.1) is 0 Å². The molecule has 1 unspecified atom stereocenters. The summed E-state index contributed by atoms with van der Waals surface area (Å²) in [6, 6.07) is 4.15. The van der Waals surface area contributed by atoms with Crippen molar-refractivity contribution in [3.05, 3.63) is 47.0 Å². The summed E-state index contributed by atoms with van der Waals surface area (Å²) in [7, 11) is 2.89. The highest BCUT2D eigenvalue weighted by Crippen LogP contribution is 2.30. The van der Waals surface area contributed by atoms with Crippen LogP contribution in [0.4, 0.5) is 4.39 Å². The molecule has 5 nitrogen and oxygen atoms in total. The zero-order valence-electron chi connectivity index (χ0n) is 11.4. The van der Waals surface area contributed by atoms with Crippen LogP contribution in [0.5, 0.6) is 11.8 Å². The molecular weight excluding hydrogens is 263 g/mol. The van der Waals surface area contributed by atoms with Gasteiger partial charge in [0.05, 0.1) is 20.4 Å². The molecule has 0 amide bonds. The van der Waals surface area contributed by atoms with Crippen molar-refractivity contribution < 1.29 is 19.0 Å². The largest absolute Gasteiger partial charge is 0.480 e.